The lowest BCUT2D eigenvalue weighted by molar-refractivity contribution is 0.0528. The van der Waals surface area contributed by atoms with Crippen LogP contribution in [-0.4, -0.2) is 55.6 Å². The molecule has 6 nitrogen and oxygen atoms in total. The molecule has 1 aromatic rings. The summed E-state index contributed by atoms with van der Waals surface area (Å²) in [5, 5.41) is 0.810. The molecule has 114 valence electrons. The number of carbonyl (C=O) groups excluding carboxylic acids is 1. The van der Waals surface area contributed by atoms with Gasteiger partial charge in [-0.3, -0.25) is 0 Å². The number of hydrogen-bond acceptors (Lipinski definition) is 7. The summed E-state index contributed by atoms with van der Waals surface area (Å²) in [5.74, 6) is -0.130. The highest BCUT2D eigenvalue weighted by Gasteiger charge is 2.24. The van der Waals surface area contributed by atoms with Crippen LogP contribution in [0.2, 0.25) is 0 Å². The Morgan fingerprint density at radius 3 is 2.55 bits per heavy atom. The van der Waals surface area contributed by atoms with Crippen molar-refractivity contribution in [2.45, 2.75) is 20.3 Å². The maximum atomic E-state index is 12.0. The van der Waals surface area contributed by atoms with Gasteiger partial charge in [0.05, 0.1) is 6.61 Å². The fourth-order valence-corrected chi connectivity index (χ4v) is 2.66. The van der Waals surface area contributed by atoms with Gasteiger partial charge < -0.3 is 20.3 Å². The van der Waals surface area contributed by atoms with Crippen molar-refractivity contribution in [3.63, 3.8) is 0 Å². The Labute approximate surface area is 124 Å². The minimum atomic E-state index is -0.389. The molecule has 0 aliphatic heterocycles. The maximum Gasteiger partial charge on any atom is 0.345 e. The van der Waals surface area contributed by atoms with Gasteiger partial charge in [0.1, 0.15) is 10.6 Å². The van der Waals surface area contributed by atoms with E-state index in [1.807, 2.05) is 14.1 Å². The number of nitrogens with zero attached hydrogens (tertiary/aromatic N) is 3. The summed E-state index contributed by atoms with van der Waals surface area (Å²) >= 11 is 1.26. The molecule has 7 heteroatoms. The molecule has 0 radical (unpaired) electrons. The summed E-state index contributed by atoms with van der Waals surface area (Å²) in [4.78, 5) is 16.3. The van der Waals surface area contributed by atoms with Crippen molar-refractivity contribution in [2.24, 2.45) is 0 Å². The molecule has 0 aliphatic rings. The van der Waals surface area contributed by atoms with Crippen LogP contribution in [0.5, 0.6) is 0 Å². The first-order chi connectivity index (χ1) is 9.51. The molecule has 0 aromatic carbocycles. The fourth-order valence-electron chi connectivity index (χ4n) is 1.81. The Morgan fingerprint density at radius 1 is 1.30 bits per heavy atom. The number of nitrogen functional groups attached to an aromatic ring is 1. The standard InChI is InChI=1S/C13H24N4O2S/c1-5-7-17(9-8-16(3)4)12-10(11(14)15-20-12)13(18)19-6-2/h5-9H2,1-4H3,(H2,14,15). The van der Waals surface area contributed by atoms with Gasteiger partial charge in [0.25, 0.3) is 0 Å². The Morgan fingerprint density at radius 2 is 2.00 bits per heavy atom. The molecule has 2 N–H and O–H groups in total. The molecule has 0 bridgehead atoms. The first-order valence-corrected chi connectivity index (χ1v) is 7.60. The summed E-state index contributed by atoms with van der Waals surface area (Å²) < 4.78 is 9.19. The molecule has 0 amide bonds. The zero-order chi connectivity index (χ0) is 15.1. The van der Waals surface area contributed by atoms with Crippen LogP contribution in [0.1, 0.15) is 30.6 Å². The Kier molecular flexibility index (Phi) is 6.74. The van der Waals surface area contributed by atoms with Crippen molar-refractivity contribution < 1.29 is 9.53 Å². The zero-order valence-electron chi connectivity index (χ0n) is 12.7. The second-order valence-corrected chi connectivity index (χ2v) is 5.51. The molecule has 20 heavy (non-hydrogen) atoms. The number of hydrogen-bond donors (Lipinski definition) is 1. The third-order valence-electron chi connectivity index (χ3n) is 2.78. The second-order valence-electron chi connectivity index (χ2n) is 4.76. The van der Waals surface area contributed by atoms with Crippen LogP contribution in [0.25, 0.3) is 0 Å². The Bertz CT molecular complexity index is 434. The number of aromatic nitrogens is 1. The number of esters is 1. The first-order valence-electron chi connectivity index (χ1n) is 6.83. The lowest BCUT2D eigenvalue weighted by Crippen LogP contribution is -2.32. The maximum absolute atomic E-state index is 12.0. The molecular formula is C13H24N4O2S. The van der Waals surface area contributed by atoms with Crippen LogP contribution in [0.3, 0.4) is 0 Å². The predicted octanol–water partition coefficient (Wildman–Crippen LogP) is 1.68. The molecule has 0 aliphatic carbocycles. The van der Waals surface area contributed by atoms with Crippen LogP contribution in [-0.2, 0) is 4.74 Å². The van der Waals surface area contributed by atoms with Crippen molar-refractivity contribution in [1.82, 2.24) is 9.27 Å². The molecule has 0 spiro atoms. The topological polar surface area (TPSA) is 71.7 Å². The van der Waals surface area contributed by atoms with E-state index in [2.05, 4.69) is 21.1 Å². The van der Waals surface area contributed by atoms with Gasteiger partial charge in [0.15, 0.2) is 5.82 Å². The first kappa shape index (κ1) is 16.7. The summed E-state index contributed by atoms with van der Waals surface area (Å²) in [6.45, 7) is 6.82. The quantitative estimate of drug-likeness (QED) is 0.737. The molecule has 0 saturated heterocycles. The van der Waals surface area contributed by atoms with Gasteiger partial charge in [-0.25, -0.2) is 4.79 Å². The van der Waals surface area contributed by atoms with E-state index in [1.165, 1.54) is 11.5 Å². The van der Waals surface area contributed by atoms with Crippen molar-refractivity contribution in [1.29, 1.82) is 0 Å². The van der Waals surface area contributed by atoms with E-state index in [9.17, 15) is 4.79 Å². The van der Waals surface area contributed by atoms with E-state index in [1.54, 1.807) is 6.92 Å². The number of likely N-dealkylation sites (N-methyl/N-ethyl adjacent to an activating group) is 1. The molecular weight excluding hydrogens is 276 g/mol. The lowest BCUT2D eigenvalue weighted by atomic mass is 10.3. The van der Waals surface area contributed by atoms with E-state index in [0.29, 0.717) is 12.2 Å². The Balaban J connectivity index is 2.98. The predicted molar refractivity (Wildman–Crippen MR) is 83.5 cm³/mol. The van der Waals surface area contributed by atoms with Crippen LogP contribution < -0.4 is 10.6 Å². The van der Waals surface area contributed by atoms with Crippen molar-refractivity contribution in [2.75, 3.05) is 51.0 Å². The van der Waals surface area contributed by atoms with Crippen molar-refractivity contribution >= 4 is 28.3 Å². The highest BCUT2D eigenvalue weighted by Crippen LogP contribution is 2.31. The van der Waals surface area contributed by atoms with Crippen LogP contribution in [0.4, 0.5) is 10.8 Å². The number of ether oxygens (including phenoxy) is 1. The van der Waals surface area contributed by atoms with Gasteiger partial charge in [0.2, 0.25) is 0 Å². The summed E-state index contributed by atoms with van der Waals surface area (Å²) in [6.07, 6.45) is 0.994. The van der Waals surface area contributed by atoms with Crippen molar-refractivity contribution in [3.05, 3.63) is 5.56 Å². The second kappa shape index (κ2) is 8.06. The van der Waals surface area contributed by atoms with Gasteiger partial charge in [-0.05, 0) is 39.0 Å². The Hall–Kier alpha value is -1.34. The molecule has 1 heterocycles. The summed E-state index contributed by atoms with van der Waals surface area (Å²) in [5.41, 5.74) is 6.23. The van der Waals surface area contributed by atoms with Crippen molar-refractivity contribution in [3.8, 4) is 0 Å². The third-order valence-corrected chi connectivity index (χ3v) is 3.70. The third kappa shape index (κ3) is 4.35. The summed E-state index contributed by atoms with van der Waals surface area (Å²) in [7, 11) is 4.05. The number of rotatable bonds is 8. The highest BCUT2D eigenvalue weighted by molar-refractivity contribution is 7.11. The molecule has 0 fully saturated rings. The molecule has 1 rings (SSSR count). The molecule has 0 saturated carbocycles. The van der Waals surface area contributed by atoms with Gasteiger partial charge in [-0.1, -0.05) is 6.92 Å². The average molecular weight is 300 g/mol. The lowest BCUT2D eigenvalue weighted by Gasteiger charge is -2.24. The molecule has 0 unspecified atom stereocenters. The number of nitrogens with two attached hydrogens (primary N) is 1. The van der Waals surface area contributed by atoms with Gasteiger partial charge in [-0.2, -0.15) is 4.37 Å². The van der Waals surface area contributed by atoms with Gasteiger partial charge in [-0.15, -0.1) is 0 Å². The van der Waals surface area contributed by atoms with Crippen LogP contribution in [0.15, 0.2) is 0 Å². The van der Waals surface area contributed by atoms with E-state index in [-0.39, 0.29) is 11.8 Å². The largest absolute Gasteiger partial charge is 0.462 e. The normalized spacial score (nSPS) is 10.8. The van der Waals surface area contributed by atoms with E-state index >= 15 is 0 Å². The highest BCUT2D eigenvalue weighted by atomic mass is 32.1. The van der Waals surface area contributed by atoms with Gasteiger partial charge >= 0.3 is 5.97 Å². The van der Waals surface area contributed by atoms with E-state index in [0.717, 1.165) is 31.1 Å². The molecule has 0 atom stereocenters. The number of anilines is 2. The fraction of sp³-hybridized carbons (Fsp3) is 0.692. The van der Waals surface area contributed by atoms with Crippen LogP contribution >= 0.6 is 11.5 Å². The smallest absolute Gasteiger partial charge is 0.345 e. The van der Waals surface area contributed by atoms with Crippen LogP contribution in [0, 0.1) is 0 Å². The minimum Gasteiger partial charge on any atom is -0.462 e. The molecule has 1 aromatic heterocycles. The average Bonchev–Trinajstić information content (AvgIpc) is 2.76. The van der Waals surface area contributed by atoms with E-state index in [4.69, 9.17) is 10.5 Å². The SMILES string of the molecule is CCCN(CCN(C)C)c1snc(N)c1C(=O)OCC. The zero-order valence-corrected chi connectivity index (χ0v) is 13.5. The number of carbonyl (C=O) groups is 1. The van der Waals surface area contributed by atoms with E-state index < -0.39 is 0 Å². The summed E-state index contributed by atoms with van der Waals surface area (Å²) in [6, 6.07) is 0. The minimum absolute atomic E-state index is 0.259. The monoisotopic (exact) mass is 300 g/mol. The van der Waals surface area contributed by atoms with Gasteiger partial charge in [0, 0.05) is 19.6 Å².